The number of urea groups is 1. The van der Waals surface area contributed by atoms with Crippen molar-refractivity contribution in [2.75, 3.05) is 0 Å². The first-order chi connectivity index (χ1) is 7.82. The Balaban J connectivity index is 4.11. The number of carbonyl (C=O) groups excluding carboxylic acids is 1. The lowest BCUT2D eigenvalue weighted by Crippen LogP contribution is -2.47. The molecule has 0 aromatic rings. The maximum Gasteiger partial charge on any atom is 0.326 e. The lowest BCUT2D eigenvalue weighted by Gasteiger charge is -2.16. The van der Waals surface area contributed by atoms with E-state index in [4.69, 9.17) is 10.2 Å². The van der Waals surface area contributed by atoms with Crippen molar-refractivity contribution in [1.82, 2.24) is 10.6 Å². The molecule has 0 aliphatic rings. The zero-order valence-electron chi connectivity index (χ0n) is 9.90. The summed E-state index contributed by atoms with van der Waals surface area (Å²) >= 11 is 0. The van der Waals surface area contributed by atoms with E-state index in [2.05, 4.69) is 10.6 Å². The van der Waals surface area contributed by atoms with Gasteiger partial charge in [-0.05, 0) is 26.7 Å². The number of carbonyl (C=O) groups is 3. The highest BCUT2D eigenvalue weighted by Gasteiger charge is 2.19. The molecular weight excluding hydrogens is 228 g/mol. The zero-order valence-corrected chi connectivity index (χ0v) is 9.90. The van der Waals surface area contributed by atoms with E-state index < -0.39 is 24.0 Å². The van der Waals surface area contributed by atoms with Gasteiger partial charge >= 0.3 is 18.0 Å². The van der Waals surface area contributed by atoms with Gasteiger partial charge in [0.1, 0.15) is 6.04 Å². The molecule has 0 saturated heterocycles. The van der Waals surface area contributed by atoms with Crippen molar-refractivity contribution in [2.24, 2.45) is 0 Å². The molecule has 17 heavy (non-hydrogen) atoms. The van der Waals surface area contributed by atoms with E-state index in [0.717, 1.165) is 0 Å². The smallest absolute Gasteiger partial charge is 0.326 e. The second-order valence-corrected chi connectivity index (χ2v) is 3.95. The number of nitrogens with one attached hydrogen (secondary N) is 2. The summed E-state index contributed by atoms with van der Waals surface area (Å²) in [6.45, 7) is 3.50. The van der Waals surface area contributed by atoms with Crippen molar-refractivity contribution < 1.29 is 24.6 Å². The summed E-state index contributed by atoms with van der Waals surface area (Å²) in [5.41, 5.74) is 0. The van der Waals surface area contributed by atoms with Crippen LogP contribution in [-0.4, -0.2) is 40.3 Å². The molecule has 0 bridgehead atoms. The van der Waals surface area contributed by atoms with Crippen molar-refractivity contribution >= 4 is 18.0 Å². The first-order valence-electron chi connectivity index (χ1n) is 5.34. The molecule has 4 N–H and O–H groups in total. The topological polar surface area (TPSA) is 116 Å². The summed E-state index contributed by atoms with van der Waals surface area (Å²) in [4.78, 5) is 32.3. The number of amides is 2. The maximum absolute atomic E-state index is 11.3. The molecule has 0 aliphatic carbocycles. The number of rotatable bonds is 7. The van der Waals surface area contributed by atoms with Crippen molar-refractivity contribution in [3.05, 3.63) is 0 Å². The lowest BCUT2D eigenvalue weighted by molar-refractivity contribution is -0.140. The van der Waals surface area contributed by atoms with Gasteiger partial charge in [-0.2, -0.15) is 0 Å². The van der Waals surface area contributed by atoms with Crippen LogP contribution >= 0.6 is 0 Å². The Labute approximate surface area is 99.2 Å². The van der Waals surface area contributed by atoms with E-state index in [9.17, 15) is 14.4 Å². The summed E-state index contributed by atoms with van der Waals surface area (Å²) in [6, 6.07) is -1.72. The van der Waals surface area contributed by atoms with Gasteiger partial charge in [0, 0.05) is 12.5 Å². The van der Waals surface area contributed by atoms with Crippen LogP contribution < -0.4 is 10.6 Å². The predicted octanol–water partition coefficient (Wildman–Crippen LogP) is 0.402. The minimum atomic E-state index is -1.17. The molecule has 0 heterocycles. The Kier molecular flexibility index (Phi) is 6.69. The highest BCUT2D eigenvalue weighted by molar-refractivity contribution is 5.82. The molecule has 1 atom stereocenters. The minimum absolute atomic E-state index is 0.0904. The average molecular weight is 246 g/mol. The average Bonchev–Trinajstić information content (AvgIpc) is 2.13. The highest BCUT2D eigenvalue weighted by atomic mass is 16.4. The summed E-state index contributed by atoms with van der Waals surface area (Å²) in [7, 11) is 0. The highest BCUT2D eigenvalue weighted by Crippen LogP contribution is 2.01. The van der Waals surface area contributed by atoms with Crippen LogP contribution in [0.1, 0.15) is 33.1 Å². The SMILES string of the molecule is CC(C)NC(=O)NC(CCCC(=O)O)C(=O)O. The fraction of sp³-hybridized carbons (Fsp3) is 0.700. The Bertz CT molecular complexity index is 290. The molecule has 7 heteroatoms. The lowest BCUT2D eigenvalue weighted by atomic mass is 10.1. The van der Waals surface area contributed by atoms with Crippen LogP contribution in [0.5, 0.6) is 0 Å². The molecule has 0 saturated carbocycles. The molecule has 0 spiro atoms. The number of hydrogen-bond donors (Lipinski definition) is 4. The van der Waals surface area contributed by atoms with E-state index >= 15 is 0 Å². The summed E-state index contributed by atoms with van der Waals surface area (Å²) in [6.07, 6.45) is 0.179. The Morgan fingerprint density at radius 2 is 1.71 bits per heavy atom. The van der Waals surface area contributed by atoms with Crippen LogP contribution in [0.3, 0.4) is 0 Å². The molecule has 0 aromatic heterocycles. The first-order valence-corrected chi connectivity index (χ1v) is 5.34. The fourth-order valence-corrected chi connectivity index (χ4v) is 1.18. The normalized spacial score (nSPS) is 11.9. The third-order valence-corrected chi connectivity index (χ3v) is 1.91. The van der Waals surface area contributed by atoms with Crippen LogP contribution in [0.4, 0.5) is 4.79 Å². The van der Waals surface area contributed by atoms with Crippen LogP contribution in [0.25, 0.3) is 0 Å². The number of hydrogen-bond acceptors (Lipinski definition) is 3. The Hall–Kier alpha value is -1.79. The van der Waals surface area contributed by atoms with Crippen molar-refractivity contribution in [1.29, 1.82) is 0 Å². The molecule has 0 fully saturated rings. The van der Waals surface area contributed by atoms with Gasteiger partial charge in [0.15, 0.2) is 0 Å². The van der Waals surface area contributed by atoms with Gasteiger partial charge in [-0.25, -0.2) is 9.59 Å². The molecule has 0 rings (SSSR count). The molecule has 0 aliphatic heterocycles. The molecule has 2 amide bonds. The monoisotopic (exact) mass is 246 g/mol. The number of carboxylic acids is 2. The summed E-state index contributed by atoms with van der Waals surface area (Å²) in [5.74, 6) is -2.16. The molecule has 0 aromatic carbocycles. The van der Waals surface area contributed by atoms with Crippen LogP contribution in [-0.2, 0) is 9.59 Å². The maximum atomic E-state index is 11.3. The minimum Gasteiger partial charge on any atom is -0.481 e. The molecule has 0 radical (unpaired) electrons. The van der Waals surface area contributed by atoms with E-state index in [-0.39, 0.29) is 25.3 Å². The quantitative estimate of drug-likeness (QED) is 0.519. The fourth-order valence-electron chi connectivity index (χ4n) is 1.18. The number of aliphatic carboxylic acids is 2. The summed E-state index contributed by atoms with van der Waals surface area (Å²) < 4.78 is 0. The second kappa shape index (κ2) is 7.48. The van der Waals surface area contributed by atoms with Crippen molar-refractivity contribution in [2.45, 2.75) is 45.2 Å². The first kappa shape index (κ1) is 15.2. The largest absolute Gasteiger partial charge is 0.481 e. The third kappa shape index (κ3) is 8.06. The Morgan fingerprint density at radius 3 is 2.12 bits per heavy atom. The third-order valence-electron chi connectivity index (χ3n) is 1.91. The predicted molar refractivity (Wildman–Crippen MR) is 59.7 cm³/mol. The van der Waals surface area contributed by atoms with Crippen LogP contribution in [0, 0.1) is 0 Å². The van der Waals surface area contributed by atoms with Gasteiger partial charge in [0.25, 0.3) is 0 Å². The van der Waals surface area contributed by atoms with E-state index in [1.54, 1.807) is 13.8 Å². The summed E-state index contributed by atoms with van der Waals surface area (Å²) in [5, 5.41) is 22.0. The van der Waals surface area contributed by atoms with Crippen LogP contribution in [0.15, 0.2) is 0 Å². The molecular formula is C10H18N2O5. The second-order valence-electron chi connectivity index (χ2n) is 3.95. The van der Waals surface area contributed by atoms with Gasteiger partial charge in [0.2, 0.25) is 0 Å². The van der Waals surface area contributed by atoms with Gasteiger partial charge in [-0.1, -0.05) is 0 Å². The van der Waals surface area contributed by atoms with Gasteiger partial charge in [0.05, 0.1) is 0 Å². The molecule has 98 valence electrons. The van der Waals surface area contributed by atoms with Gasteiger partial charge in [-0.15, -0.1) is 0 Å². The van der Waals surface area contributed by atoms with Gasteiger partial charge in [-0.3, -0.25) is 4.79 Å². The number of carboxylic acid groups (broad SMARTS) is 2. The van der Waals surface area contributed by atoms with E-state index in [1.165, 1.54) is 0 Å². The van der Waals surface area contributed by atoms with E-state index in [0.29, 0.717) is 0 Å². The Morgan fingerprint density at radius 1 is 1.12 bits per heavy atom. The van der Waals surface area contributed by atoms with Gasteiger partial charge < -0.3 is 20.8 Å². The zero-order chi connectivity index (χ0) is 13.4. The van der Waals surface area contributed by atoms with Crippen LogP contribution in [0.2, 0.25) is 0 Å². The van der Waals surface area contributed by atoms with E-state index in [1.807, 2.05) is 0 Å². The van der Waals surface area contributed by atoms with Crippen molar-refractivity contribution in [3.63, 3.8) is 0 Å². The molecule has 7 nitrogen and oxygen atoms in total. The van der Waals surface area contributed by atoms with Crippen molar-refractivity contribution in [3.8, 4) is 0 Å². The molecule has 1 unspecified atom stereocenters. The standard InChI is InChI=1S/C10H18N2O5/c1-6(2)11-10(17)12-7(9(15)16)4-3-5-8(13)14/h6-7H,3-5H2,1-2H3,(H,13,14)(H,15,16)(H2,11,12,17).